The third-order valence-electron chi connectivity index (χ3n) is 4.52. The van der Waals surface area contributed by atoms with Crippen molar-refractivity contribution in [3.05, 3.63) is 0 Å². The third kappa shape index (κ3) is 2.81. The molecule has 0 bridgehead atoms. The predicted molar refractivity (Wildman–Crippen MR) is 66.3 cm³/mol. The Kier molecular flexibility index (Phi) is 4.21. The predicted octanol–water partition coefficient (Wildman–Crippen LogP) is 1.37. The Morgan fingerprint density at radius 1 is 0.700 bits per heavy atom. The molecule has 6 heteroatoms. The summed E-state index contributed by atoms with van der Waals surface area (Å²) < 4.78 is 20.5. The van der Waals surface area contributed by atoms with Gasteiger partial charge in [-0.3, -0.25) is 0 Å². The summed E-state index contributed by atoms with van der Waals surface area (Å²) in [5.41, 5.74) is 0. The minimum Gasteiger partial charge on any atom is -0.437 e. The Labute approximate surface area is 117 Å². The Balaban J connectivity index is 1.54. The van der Waals surface area contributed by atoms with Crippen LogP contribution in [0.25, 0.3) is 0 Å². The lowest BCUT2D eigenvalue weighted by Crippen LogP contribution is -2.31. The monoisotopic (exact) mass is 284 g/mol. The Morgan fingerprint density at radius 2 is 1.10 bits per heavy atom. The molecule has 1 saturated carbocycles. The van der Waals surface area contributed by atoms with Crippen LogP contribution in [0, 0.1) is 11.8 Å². The molecule has 0 N–H and O–H groups in total. The molecule has 3 aliphatic rings. The van der Waals surface area contributed by atoms with Gasteiger partial charge in [0.1, 0.15) is 0 Å². The molecule has 0 aromatic carbocycles. The average molecular weight is 284 g/mol. The lowest BCUT2D eigenvalue weighted by molar-refractivity contribution is -0.140. The molecule has 2 atom stereocenters. The van der Waals surface area contributed by atoms with E-state index in [-0.39, 0.29) is 49.6 Å². The number of cyclic esters (lactones) is 2. The third-order valence-corrected chi connectivity index (χ3v) is 4.52. The molecule has 2 heterocycles. The minimum absolute atomic E-state index is 0.0877. The Hall–Kier alpha value is -1.14. The van der Waals surface area contributed by atoms with Crippen molar-refractivity contribution in [3.8, 4) is 0 Å². The van der Waals surface area contributed by atoms with Gasteiger partial charge in [0.05, 0.1) is 0 Å². The van der Waals surface area contributed by atoms with Crippen LogP contribution in [0.1, 0.15) is 38.5 Å². The first-order valence-electron chi connectivity index (χ1n) is 7.32. The van der Waals surface area contributed by atoms with E-state index in [2.05, 4.69) is 0 Å². The second-order valence-electron chi connectivity index (χ2n) is 5.72. The maximum Gasteiger partial charge on any atom is 0.337 e. The van der Waals surface area contributed by atoms with Crippen LogP contribution in [0.4, 0.5) is 0 Å². The normalized spacial score (nSPS) is 39.0. The first-order valence-corrected chi connectivity index (χ1v) is 7.32. The van der Waals surface area contributed by atoms with Gasteiger partial charge in [-0.2, -0.15) is 0 Å². The summed E-state index contributed by atoms with van der Waals surface area (Å²) in [6.45, 7) is 0.175. The van der Waals surface area contributed by atoms with E-state index in [0.717, 1.165) is 38.5 Å². The lowest BCUT2D eigenvalue weighted by atomic mass is 9.81. The van der Waals surface area contributed by atoms with Gasteiger partial charge in [0, 0.05) is 0 Å². The molecule has 20 heavy (non-hydrogen) atoms. The number of ether oxygens (including phenoxy) is 4. The van der Waals surface area contributed by atoms with Crippen LogP contribution in [-0.2, 0) is 28.5 Å². The molecule has 6 nitrogen and oxygen atoms in total. The van der Waals surface area contributed by atoms with Gasteiger partial charge in [-0.25, -0.2) is 9.59 Å². The van der Waals surface area contributed by atoms with E-state index in [1.807, 2.05) is 0 Å². The van der Waals surface area contributed by atoms with Crippen molar-refractivity contribution in [2.45, 2.75) is 50.7 Å². The summed E-state index contributed by atoms with van der Waals surface area (Å²) in [7, 11) is 0. The van der Waals surface area contributed by atoms with Crippen molar-refractivity contribution in [2.24, 2.45) is 11.8 Å². The lowest BCUT2D eigenvalue weighted by Gasteiger charge is -2.27. The largest absolute Gasteiger partial charge is 0.437 e. The van der Waals surface area contributed by atoms with E-state index in [0.29, 0.717) is 0 Å². The average Bonchev–Trinajstić information content (AvgIpc) is 2.99. The Bertz CT molecular complexity index is 338. The maximum absolute atomic E-state index is 11.6. The van der Waals surface area contributed by atoms with E-state index in [1.54, 1.807) is 0 Å². The zero-order valence-electron chi connectivity index (χ0n) is 11.4. The number of rotatable bonds is 2. The number of carbonyl (C=O) groups excluding carboxylic acids is 2. The van der Waals surface area contributed by atoms with Crippen LogP contribution < -0.4 is 0 Å². The van der Waals surface area contributed by atoms with Crippen molar-refractivity contribution in [1.29, 1.82) is 0 Å². The summed E-state index contributed by atoms with van der Waals surface area (Å²) in [4.78, 5) is 23.1. The molecular formula is C14H20O6. The molecule has 2 saturated heterocycles. The van der Waals surface area contributed by atoms with Gasteiger partial charge >= 0.3 is 11.9 Å². The number of hydrogen-bond acceptors (Lipinski definition) is 6. The van der Waals surface area contributed by atoms with E-state index in [1.165, 1.54) is 0 Å². The van der Waals surface area contributed by atoms with Gasteiger partial charge in [0.15, 0.2) is 25.8 Å². The standard InChI is InChI=1S/C14H20O6/c15-13-11(17-7-19-13)9-3-1-4-10(6-2-5-9)12-14(16)20-8-18-12/h9-12H,1-8H2/t9?,10?,11-,12-/m0/s1. The van der Waals surface area contributed by atoms with Gasteiger partial charge in [-0.15, -0.1) is 0 Å². The van der Waals surface area contributed by atoms with Crippen LogP contribution in [0.15, 0.2) is 0 Å². The van der Waals surface area contributed by atoms with Crippen LogP contribution >= 0.6 is 0 Å². The van der Waals surface area contributed by atoms with Crippen LogP contribution in [0.5, 0.6) is 0 Å². The first-order chi connectivity index (χ1) is 9.75. The van der Waals surface area contributed by atoms with Crippen LogP contribution in [0.3, 0.4) is 0 Å². The molecule has 0 aromatic heterocycles. The topological polar surface area (TPSA) is 71.1 Å². The van der Waals surface area contributed by atoms with Gasteiger partial charge in [0.2, 0.25) is 0 Å². The smallest absolute Gasteiger partial charge is 0.337 e. The second-order valence-corrected chi connectivity index (χ2v) is 5.72. The van der Waals surface area contributed by atoms with Gasteiger partial charge < -0.3 is 18.9 Å². The molecule has 0 unspecified atom stereocenters. The molecule has 0 amide bonds. The molecule has 0 spiro atoms. The Morgan fingerprint density at radius 3 is 1.40 bits per heavy atom. The van der Waals surface area contributed by atoms with Crippen LogP contribution in [-0.4, -0.2) is 37.7 Å². The molecule has 3 rings (SSSR count). The van der Waals surface area contributed by atoms with Crippen molar-refractivity contribution in [1.82, 2.24) is 0 Å². The van der Waals surface area contributed by atoms with E-state index in [4.69, 9.17) is 18.9 Å². The fourth-order valence-corrected chi connectivity index (χ4v) is 3.47. The molecule has 1 aliphatic carbocycles. The van der Waals surface area contributed by atoms with E-state index >= 15 is 0 Å². The fraction of sp³-hybridized carbons (Fsp3) is 0.857. The second kappa shape index (κ2) is 6.10. The van der Waals surface area contributed by atoms with E-state index in [9.17, 15) is 9.59 Å². The van der Waals surface area contributed by atoms with Gasteiger partial charge in [-0.05, 0) is 37.5 Å². The summed E-state index contributed by atoms with van der Waals surface area (Å²) in [6.07, 6.45) is 4.87. The minimum atomic E-state index is -0.390. The highest BCUT2D eigenvalue weighted by Gasteiger charge is 2.38. The summed E-state index contributed by atoms with van der Waals surface area (Å²) in [5, 5.41) is 0. The SMILES string of the molecule is O=C1OCO[C@H]1C1CCCC([C@@H]2OCOC2=O)CCC1. The van der Waals surface area contributed by atoms with Crippen molar-refractivity contribution >= 4 is 11.9 Å². The molecule has 112 valence electrons. The van der Waals surface area contributed by atoms with Gasteiger partial charge in [0.25, 0.3) is 0 Å². The highest BCUT2D eigenvalue weighted by molar-refractivity contribution is 5.76. The summed E-state index contributed by atoms with van der Waals surface area (Å²) >= 11 is 0. The van der Waals surface area contributed by atoms with Crippen molar-refractivity contribution in [3.63, 3.8) is 0 Å². The van der Waals surface area contributed by atoms with Crippen LogP contribution in [0.2, 0.25) is 0 Å². The number of hydrogen-bond donors (Lipinski definition) is 0. The quantitative estimate of drug-likeness (QED) is 0.713. The number of esters is 2. The molecular weight excluding hydrogens is 264 g/mol. The molecule has 2 aliphatic heterocycles. The fourth-order valence-electron chi connectivity index (χ4n) is 3.47. The highest BCUT2D eigenvalue weighted by Crippen LogP contribution is 2.34. The maximum atomic E-state index is 11.6. The van der Waals surface area contributed by atoms with Crippen molar-refractivity contribution < 1.29 is 28.5 Å². The molecule has 0 aromatic rings. The zero-order valence-corrected chi connectivity index (χ0v) is 11.4. The molecule has 3 fully saturated rings. The number of carbonyl (C=O) groups is 2. The van der Waals surface area contributed by atoms with Crippen molar-refractivity contribution in [2.75, 3.05) is 13.6 Å². The summed E-state index contributed by atoms with van der Waals surface area (Å²) in [5.74, 6) is 0.0226. The first kappa shape index (κ1) is 13.8. The molecule has 0 radical (unpaired) electrons. The zero-order chi connectivity index (χ0) is 13.9. The highest BCUT2D eigenvalue weighted by atomic mass is 16.7. The van der Waals surface area contributed by atoms with E-state index < -0.39 is 0 Å². The van der Waals surface area contributed by atoms with Gasteiger partial charge in [-0.1, -0.05) is 12.8 Å². The summed E-state index contributed by atoms with van der Waals surface area (Å²) in [6, 6.07) is 0.